The van der Waals surface area contributed by atoms with Crippen LogP contribution in [0.5, 0.6) is 5.75 Å². The van der Waals surface area contributed by atoms with E-state index in [-0.39, 0.29) is 5.91 Å². The van der Waals surface area contributed by atoms with Gasteiger partial charge in [-0.3, -0.25) is 4.79 Å². The first-order chi connectivity index (χ1) is 9.67. The van der Waals surface area contributed by atoms with Crippen LogP contribution in [0.15, 0.2) is 24.3 Å². The van der Waals surface area contributed by atoms with Crippen molar-refractivity contribution in [1.29, 1.82) is 0 Å². The number of carbonyl (C=O) groups is 1. The molecule has 0 spiro atoms. The van der Waals surface area contributed by atoms with Gasteiger partial charge >= 0.3 is 0 Å². The minimum atomic E-state index is -0.471. The smallest absolute Gasteiger partial charge is 0.260 e. The van der Waals surface area contributed by atoms with Gasteiger partial charge in [0.1, 0.15) is 5.75 Å². The van der Waals surface area contributed by atoms with Crippen molar-refractivity contribution in [2.24, 2.45) is 0 Å². The highest BCUT2D eigenvalue weighted by molar-refractivity contribution is 5.80. The average molecular weight is 278 g/mol. The summed E-state index contributed by atoms with van der Waals surface area (Å²) >= 11 is 0. The molecular weight excluding hydrogens is 252 g/mol. The number of hydrogen-bond donors (Lipinski definition) is 2. The number of amides is 1. The van der Waals surface area contributed by atoms with Gasteiger partial charge in [-0.25, -0.2) is 0 Å². The molecule has 1 amide bonds. The normalized spacial score (nSPS) is 11.9. The summed E-state index contributed by atoms with van der Waals surface area (Å²) in [6.45, 7) is 8.40. The first-order valence-corrected chi connectivity index (χ1v) is 7.41. The maximum Gasteiger partial charge on any atom is 0.260 e. The van der Waals surface area contributed by atoms with Gasteiger partial charge in [0.25, 0.3) is 5.91 Å². The predicted octanol–water partition coefficient (Wildman–Crippen LogP) is 2.48. The van der Waals surface area contributed by atoms with Gasteiger partial charge in [-0.15, -0.1) is 0 Å². The maximum atomic E-state index is 11.8. The second-order valence-electron chi connectivity index (χ2n) is 4.83. The number of benzene rings is 1. The molecule has 0 radical (unpaired) electrons. The topological polar surface area (TPSA) is 50.4 Å². The van der Waals surface area contributed by atoms with Crippen LogP contribution in [-0.2, 0) is 11.3 Å². The molecule has 0 aliphatic heterocycles. The molecule has 0 aromatic heterocycles. The lowest BCUT2D eigenvalue weighted by Gasteiger charge is -2.15. The van der Waals surface area contributed by atoms with Crippen LogP contribution in [0.4, 0.5) is 0 Å². The molecule has 4 nitrogen and oxygen atoms in total. The van der Waals surface area contributed by atoms with E-state index in [0.29, 0.717) is 6.54 Å². The lowest BCUT2D eigenvalue weighted by atomic mass is 10.2. The number of nitrogens with one attached hydrogen (secondary N) is 2. The summed E-state index contributed by atoms with van der Waals surface area (Å²) in [5, 5.41) is 6.14. The Morgan fingerprint density at radius 2 is 2.15 bits per heavy atom. The molecule has 0 saturated carbocycles. The molecule has 1 aromatic rings. The molecule has 0 heterocycles. The monoisotopic (exact) mass is 278 g/mol. The van der Waals surface area contributed by atoms with Gasteiger partial charge in [0.15, 0.2) is 6.10 Å². The van der Waals surface area contributed by atoms with Crippen LogP contribution in [0.1, 0.15) is 39.2 Å². The predicted molar refractivity (Wildman–Crippen MR) is 81.8 cm³/mol. The summed E-state index contributed by atoms with van der Waals surface area (Å²) in [4.78, 5) is 11.8. The van der Waals surface area contributed by atoms with E-state index in [1.807, 2.05) is 24.3 Å². The van der Waals surface area contributed by atoms with Crippen molar-refractivity contribution in [2.45, 2.75) is 46.3 Å². The lowest BCUT2D eigenvalue weighted by molar-refractivity contribution is -0.127. The highest BCUT2D eigenvalue weighted by Crippen LogP contribution is 2.15. The fourth-order valence-electron chi connectivity index (χ4n) is 1.79. The molecule has 4 heteroatoms. The Hall–Kier alpha value is -1.55. The van der Waals surface area contributed by atoms with Gasteiger partial charge in [0.2, 0.25) is 0 Å². The van der Waals surface area contributed by atoms with E-state index < -0.39 is 6.10 Å². The molecule has 0 aliphatic rings. The van der Waals surface area contributed by atoms with Crippen LogP contribution >= 0.6 is 0 Å². The second kappa shape index (κ2) is 9.37. The van der Waals surface area contributed by atoms with Gasteiger partial charge in [0.05, 0.1) is 0 Å². The van der Waals surface area contributed by atoms with Crippen LogP contribution in [0.2, 0.25) is 0 Å². The summed E-state index contributed by atoms with van der Waals surface area (Å²) in [7, 11) is 0. The fraction of sp³-hybridized carbons (Fsp3) is 0.562. The molecule has 2 N–H and O–H groups in total. The molecule has 1 unspecified atom stereocenters. The third kappa shape index (κ3) is 6.06. The van der Waals surface area contributed by atoms with E-state index in [0.717, 1.165) is 37.2 Å². The largest absolute Gasteiger partial charge is 0.481 e. The van der Waals surface area contributed by atoms with E-state index in [4.69, 9.17) is 4.74 Å². The van der Waals surface area contributed by atoms with Crippen molar-refractivity contribution in [1.82, 2.24) is 10.6 Å². The summed E-state index contributed by atoms with van der Waals surface area (Å²) in [6.07, 6.45) is 1.60. The van der Waals surface area contributed by atoms with E-state index in [2.05, 4.69) is 24.5 Å². The van der Waals surface area contributed by atoms with Crippen LogP contribution in [0.3, 0.4) is 0 Å². The van der Waals surface area contributed by atoms with Gasteiger partial charge in [0, 0.05) is 13.1 Å². The quantitative estimate of drug-likeness (QED) is 0.682. The Morgan fingerprint density at radius 3 is 2.85 bits per heavy atom. The van der Waals surface area contributed by atoms with Crippen LogP contribution in [-0.4, -0.2) is 25.1 Å². The first-order valence-electron chi connectivity index (χ1n) is 7.41. The molecule has 0 aliphatic carbocycles. The SMILES string of the molecule is CCCCNC(=O)C(C)Oc1cccc(CNCC)c1. The van der Waals surface area contributed by atoms with Crippen molar-refractivity contribution in [3.05, 3.63) is 29.8 Å². The summed E-state index contributed by atoms with van der Waals surface area (Å²) in [5.74, 6) is 0.675. The molecule has 1 rings (SSSR count). The van der Waals surface area contributed by atoms with Crippen LogP contribution in [0, 0.1) is 0 Å². The van der Waals surface area contributed by atoms with Crippen LogP contribution < -0.4 is 15.4 Å². The summed E-state index contributed by atoms with van der Waals surface area (Å²) in [6, 6.07) is 7.84. The molecule has 0 fully saturated rings. The number of ether oxygens (including phenoxy) is 1. The third-order valence-electron chi connectivity index (χ3n) is 2.99. The zero-order chi connectivity index (χ0) is 14.8. The molecule has 20 heavy (non-hydrogen) atoms. The molecule has 1 atom stereocenters. The molecular formula is C16H26N2O2. The third-order valence-corrected chi connectivity index (χ3v) is 2.99. The molecule has 0 saturated heterocycles. The molecule has 112 valence electrons. The zero-order valence-corrected chi connectivity index (χ0v) is 12.7. The van der Waals surface area contributed by atoms with E-state index in [9.17, 15) is 4.79 Å². The average Bonchev–Trinajstić information content (AvgIpc) is 2.45. The Labute approximate surface area is 121 Å². The minimum absolute atomic E-state index is 0.0597. The van der Waals surface area contributed by atoms with Crippen LogP contribution in [0.25, 0.3) is 0 Å². The van der Waals surface area contributed by atoms with Crippen molar-refractivity contribution >= 4 is 5.91 Å². The molecule has 0 bridgehead atoms. The van der Waals surface area contributed by atoms with Crippen molar-refractivity contribution in [3.8, 4) is 5.75 Å². The number of rotatable bonds is 9. The van der Waals surface area contributed by atoms with Gasteiger partial charge < -0.3 is 15.4 Å². The number of unbranched alkanes of at least 4 members (excludes halogenated alkanes) is 1. The second-order valence-corrected chi connectivity index (χ2v) is 4.83. The number of hydrogen-bond acceptors (Lipinski definition) is 3. The highest BCUT2D eigenvalue weighted by atomic mass is 16.5. The van der Waals surface area contributed by atoms with Crippen molar-refractivity contribution in [2.75, 3.05) is 13.1 Å². The Balaban J connectivity index is 2.48. The Kier molecular flexibility index (Phi) is 7.73. The summed E-state index contributed by atoms with van der Waals surface area (Å²) in [5.41, 5.74) is 1.16. The van der Waals surface area contributed by atoms with Crippen molar-refractivity contribution < 1.29 is 9.53 Å². The number of carbonyl (C=O) groups excluding carboxylic acids is 1. The highest BCUT2D eigenvalue weighted by Gasteiger charge is 2.13. The zero-order valence-electron chi connectivity index (χ0n) is 12.7. The van der Waals surface area contributed by atoms with Gasteiger partial charge in [-0.2, -0.15) is 0 Å². The first kappa shape index (κ1) is 16.5. The molecule has 1 aromatic carbocycles. The van der Waals surface area contributed by atoms with Gasteiger partial charge in [-0.05, 0) is 37.6 Å². The Morgan fingerprint density at radius 1 is 1.35 bits per heavy atom. The maximum absolute atomic E-state index is 11.8. The van der Waals surface area contributed by atoms with E-state index >= 15 is 0 Å². The fourth-order valence-corrected chi connectivity index (χ4v) is 1.79. The van der Waals surface area contributed by atoms with E-state index in [1.54, 1.807) is 6.92 Å². The van der Waals surface area contributed by atoms with E-state index in [1.165, 1.54) is 0 Å². The Bertz CT molecular complexity index is 407. The summed E-state index contributed by atoms with van der Waals surface area (Å²) < 4.78 is 5.69. The van der Waals surface area contributed by atoms with Crippen molar-refractivity contribution in [3.63, 3.8) is 0 Å². The standard InChI is InChI=1S/C16H26N2O2/c1-4-6-10-18-16(19)13(3)20-15-9-7-8-14(11-15)12-17-5-2/h7-9,11,13,17H,4-6,10,12H2,1-3H3,(H,18,19). The lowest BCUT2D eigenvalue weighted by Crippen LogP contribution is -2.36. The minimum Gasteiger partial charge on any atom is -0.481 e. The van der Waals surface area contributed by atoms with Gasteiger partial charge in [-0.1, -0.05) is 32.4 Å².